The Morgan fingerprint density at radius 1 is 0.868 bits per heavy atom. The molecule has 38 heavy (non-hydrogen) atoms. The zero-order valence-corrected chi connectivity index (χ0v) is 21.3. The summed E-state index contributed by atoms with van der Waals surface area (Å²) in [6.45, 7) is 0.437. The molecule has 1 heterocycles. The van der Waals surface area contributed by atoms with Crippen LogP contribution in [0.1, 0.15) is 21.5 Å². The van der Waals surface area contributed by atoms with Gasteiger partial charge in [0.1, 0.15) is 11.6 Å². The number of hydrogen-bond acceptors (Lipinski definition) is 4. The average molecular weight is 528 g/mol. The number of benzene rings is 4. The summed E-state index contributed by atoms with van der Waals surface area (Å²) in [5.74, 6) is -0.621. The molecular weight excluding hydrogens is 504 g/mol. The molecule has 0 spiro atoms. The van der Waals surface area contributed by atoms with Gasteiger partial charge in [0, 0.05) is 24.9 Å². The lowest BCUT2D eigenvalue weighted by molar-refractivity contribution is 0.0785. The van der Waals surface area contributed by atoms with Crippen LogP contribution in [-0.2, 0) is 12.3 Å². The zero-order chi connectivity index (χ0) is 26.6. The summed E-state index contributed by atoms with van der Waals surface area (Å²) in [7, 11) is 1.72. The Labute approximate surface area is 222 Å². The van der Waals surface area contributed by atoms with Crippen molar-refractivity contribution in [2.45, 2.75) is 17.5 Å². The van der Waals surface area contributed by atoms with E-state index in [2.05, 4.69) is 0 Å². The van der Waals surface area contributed by atoms with Gasteiger partial charge in [-0.05, 0) is 65.7 Å². The van der Waals surface area contributed by atoms with Crippen LogP contribution in [0.3, 0.4) is 0 Å². The minimum absolute atomic E-state index is 0.200. The van der Waals surface area contributed by atoms with Crippen molar-refractivity contribution in [2.75, 3.05) is 7.05 Å². The highest BCUT2D eigenvalue weighted by Gasteiger charge is 2.18. The monoisotopic (exact) mass is 527 g/mol. The quantitative estimate of drug-likeness (QED) is 0.186. The third kappa shape index (κ3) is 5.50. The predicted molar refractivity (Wildman–Crippen MR) is 145 cm³/mol. The van der Waals surface area contributed by atoms with E-state index in [0.29, 0.717) is 39.6 Å². The highest BCUT2D eigenvalue weighted by atomic mass is 32.2. The number of carbonyl (C=O) groups excluding carboxylic acids is 1. The molecular formula is C30H23F2N3O2S. The number of carbonyl (C=O) groups is 1. The van der Waals surface area contributed by atoms with Crippen LogP contribution >= 0.6 is 11.8 Å². The van der Waals surface area contributed by atoms with E-state index in [0.717, 1.165) is 11.1 Å². The van der Waals surface area contributed by atoms with Gasteiger partial charge in [0.25, 0.3) is 11.5 Å². The maximum atomic E-state index is 13.7. The largest absolute Gasteiger partial charge is 0.337 e. The first-order valence-corrected chi connectivity index (χ1v) is 12.9. The van der Waals surface area contributed by atoms with Gasteiger partial charge in [-0.2, -0.15) is 0 Å². The summed E-state index contributed by atoms with van der Waals surface area (Å²) in [5, 5.41) is 0.673. The van der Waals surface area contributed by atoms with Crippen LogP contribution in [0.2, 0.25) is 0 Å². The third-order valence-electron chi connectivity index (χ3n) is 6.04. The molecule has 0 saturated carbocycles. The summed E-state index contributed by atoms with van der Waals surface area (Å²) < 4.78 is 28.7. The fourth-order valence-corrected chi connectivity index (χ4v) is 5.09. The van der Waals surface area contributed by atoms with E-state index < -0.39 is 5.82 Å². The fraction of sp³-hybridized carbons (Fsp3) is 0.100. The maximum absolute atomic E-state index is 13.7. The van der Waals surface area contributed by atoms with Gasteiger partial charge < -0.3 is 4.90 Å². The number of hydrogen-bond donors (Lipinski definition) is 0. The normalized spacial score (nSPS) is 11.0. The van der Waals surface area contributed by atoms with Crippen LogP contribution in [0, 0.1) is 11.6 Å². The number of aromatic nitrogens is 2. The second-order valence-electron chi connectivity index (χ2n) is 8.81. The van der Waals surface area contributed by atoms with E-state index >= 15 is 0 Å². The molecule has 1 amide bonds. The number of halogens is 2. The molecule has 0 saturated heterocycles. The molecule has 0 aliphatic rings. The topological polar surface area (TPSA) is 55.2 Å². The van der Waals surface area contributed by atoms with E-state index in [9.17, 15) is 18.4 Å². The average Bonchev–Trinajstić information content (AvgIpc) is 2.92. The van der Waals surface area contributed by atoms with Gasteiger partial charge in [0.2, 0.25) is 0 Å². The van der Waals surface area contributed by atoms with E-state index in [1.54, 1.807) is 42.3 Å². The van der Waals surface area contributed by atoms with Crippen LogP contribution in [0.4, 0.5) is 8.78 Å². The van der Waals surface area contributed by atoms with Crippen molar-refractivity contribution in [1.29, 1.82) is 0 Å². The molecule has 5 nitrogen and oxygen atoms in total. The Hall–Kier alpha value is -4.30. The Balaban J connectivity index is 1.54. The van der Waals surface area contributed by atoms with Gasteiger partial charge in [-0.25, -0.2) is 13.8 Å². The van der Waals surface area contributed by atoms with Crippen LogP contribution in [0.15, 0.2) is 107 Å². The second-order valence-corrected chi connectivity index (χ2v) is 9.75. The van der Waals surface area contributed by atoms with Crippen LogP contribution in [-0.4, -0.2) is 27.4 Å². The molecule has 190 valence electrons. The lowest BCUT2D eigenvalue weighted by atomic mass is 10.1. The number of amides is 1. The Kier molecular flexibility index (Phi) is 7.33. The molecule has 0 bridgehead atoms. The number of fused-ring (bicyclic) bond motifs is 1. The number of nitrogens with zero attached hydrogens (tertiary/aromatic N) is 3. The van der Waals surface area contributed by atoms with Crippen molar-refractivity contribution in [3.8, 4) is 5.69 Å². The molecule has 5 aromatic rings. The minimum Gasteiger partial charge on any atom is -0.337 e. The van der Waals surface area contributed by atoms with Crippen LogP contribution < -0.4 is 5.56 Å². The molecule has 0 atom stereocenters. The molecule has 0 unspecified atom stereocenters. The second kappa shape index (κ2) is 11.0. The first-order valence-electron chi connectivity index (χ1n) is 11.9. The summed E-state index contributed by atoms with van der Waals surface area (Å²) in [6.07, 6.45) is 0. The van der Waals surface area contributed by atoms with E-state index in [4.69, 9.17) is 4.98 Å². The van der Waals surface area contributed by atoms with Gasteiger partial charge in [-0.15, -0.1) is 0 Å². The van der Waals surface area contributed by atoms with E-state index in [1.807, 2.05) is 30.3 Å². The Bertz CT molecular complexity index is 1670. The molecule has 0 N–H and O–H groups in total. The molecule has 0 aliphatic heterocycles. The Morgan fingerprint density at radius 2 is 1.61 bits per heavy atom. The summed E-state index contributed by atoms with van der Waals surface area (Å²) in [4.78, 5) is 33.1. The predicted octanol–water partition coefficient (Wildman–Crippen LogP) is 6.23. The molecule has 5 rings (SSSR count). The zero-order valence-electron chi connectivity index (χ0n) is 20.5. The number of thioether (sulfide) groups is 1. The first-order chi connectivity index (χ1) is 18.4. The van der Waals surface area contributed by atoms with Crippen LogP contribution in [0.5, 0.6) is 0 Å². The molecule has 0 aliphatic carbocycles. The lowest BCUT2D eigenvalue weighted by Gasteiger charge is -2.18. The molecule has 4 aromatic carbocycles. The van der Waals surface area contributed by atoms with Crippen molar-refractivity contribution in [2.24, 2.45) is 0 Å². The molecule has 8 heteroatoms. The van der Waals surface area contributed by atoms with Crippen molar-refractivity contribution in [3.05, 3.63) is 136 Å². The maximum Gasteiger partial charge on any atom is 0.266 e. The minimum atomic E-state index is -0.424. The fourth-order valence-electron chi connectivity index (χ4n) is 4.14. The van der Waals surface area contributed by atoms with E-state index in [-0.39, 0.29) is 17.3 Å². The highest BCUT2D eigenvalue weighted by molar-refractivity contribution is 7.98. The lowest BCUT2D eigenvalue weighted by Crippen LogP contribution is -2.26. The summed E-state index contributed by atoms with van der Waals surface area (Å²) in [6, 6.07) is 26.2. The smallest absolute Gasteiger partial charge is 0.266 e. The summed E-state index contributed by atoms with van der Waals surface area (Å²) in [5.41, 5.74) is 2.61. The molecule has 1 aromatic heterocycles. The van der Waals surface area contributed by atoms with Crippen molar-refractivity contribution >= 4 is 28.6 Å². The van der Waals surface area contributed by atoms with Gasteiger partial charge >= 0.3 is 0 Å². The van der Waals surface area contributed by atoms with Gasteiger partial charge in [-0.1, -0.05) is 54.2 Å². The van der Waals surface area contributed by atoms with Crippen LogP contribution in [0.25, 0.3) is 16.6 Å². The first kappa shape index (κ1) is 25.4. The van der Waals surface area contributed by atoms with Gasteiger partial charge in [-0.3, -0.25) is 14.2 Å². The SMILES string of the molecule is CN(Cc1ccccc1)C(=O)c1ccc2c(=O)n(-c3ccc(F)cc3)c(SCc3cccc(F)c3)nc2c1. The Morgan fingerprint density at radius 3 is 2.34 bits per heavy atom. The molecule has 0 fully saturated rings. The van der Waals surface area contributed by atoms with Gasteiger partial charge in [0.05, 0.1) is 16.6 Å². The third-order valence-corrected chi connectivity index (χ3v) is 7.05. The van der Waals surface area contributed by atoms with Gasteiger partial charge in [0.15, 0.2) is 5.16 Å². The summed E-state index contributed by atoms with van der Waals surface area (Å²) >= 11 is 1.26. The van der Waals surface area contributed by atoms with Crippen molar-refractivity contribution < 1.29 is 13.6 Å². The highest BCUT2D eigenvalue weighted by Crippen LogP contribution is 2.26. The molecule has 0 radical (unpaired) electrons. The van der Waals surface area contributed by atoms with Crippen molar-refractivity contribution in [3.63, 3.8) is 0 Å². The number of rotatable bonds is 7. The van der Waals surface area contributed by atoms with E-state index in [1.165, 1.54) is 52.7 Å². The standard InChI is InChI=1S/C30H23F2N3O2S/c1-34(18-20-6-3-2-4-7-20)28(36)22-10-15-26-27(17-22)33-30(38-19-21-8-5-9-24(32)16-21)35(29(26)37)25-13-11-23(31)12-14-25/h2-17H,18-19H2,1H3. The van der Waals surface area contributed by atoms with Crippen molar-refractivity contribution in [1.82, 2.24) is 14.5 Å².